The largest absolute Gasteiger partial charge is 0.356 e. The van der Waals surface area contributed by atoms with Crippen LogP contribution in [-0.4, -0.2) is 32.3 Å². The molecule has 29 heavy (non-hydrogen) atoms. The molecule has 0 radical (unpaired) electrons. The van der Waals surface area contributed by atoms with Gasteiger partial charge in [-0.2, -0.15) is 9.61 Å². The van der Waals surface area contributed by atoms with Crippen molar-refractivity contribution in [2.75, 3.05) is 6.54 Å². The molecule has 4 rings (SSSR count). The summed E-state index contributed by atoms with van der Waals surface area (Å²) in [5.41, 5.74) is 4.99. The molecule has 0 spiro atoms. The third kappa shape index (κ3) is 4.66. The number of benzene rings is 2. The van der Waals surface area contributed by atoms with E-state index in [9.17, 15) is 4.79 Å². The normalized spacial score (nSPS) is 10.9. The van der Waals surface area contributed by atoms with E-state index in [1.807, 2.05) is 42.5 Å². The quantitative estimate of drug-likeness (QED) is 0.529. The fourth-order valence-corrected chi connectivity index (χ4v) is 3.17. The van der Waals surface area contributed by atoms with Gasteiger partial charge in [-0.05, 0) is 31.0 Å². The number of aryl methyl sites for hydroxylation is 2. The van der Waals surface area contributed by atoms with E-state index in [4.69, 9.17) is 0 Å². The molecule has 0 aliphatic rings. The predicted molar refractivity (Wildman–Crippen MR) is 112 cm³/mol. The number of nitrogens with zero attached hydrogens (tertiary/aromatic N) is 4. The molecule has 1 N–H and O–H groups in total. The average Bonchev–Trinajstić information content (AvgIpc) is 3.16. The smallest absolute Gasteiger partial charge is 0.220 e. The minimum absolute atomic E-state index is 0.00682. The Labute approximate surface area is 169 Å². The van der Waals surface area contributed by atoms with Crippen molar-refractivity contribution in [1.29, 1.82) is 0 Å². The van der Waals surface area contributed by atoms with E-state index in [1.165, 1.54) is 11.1 Å². The number of fused-ring (bicyclic) bond motifs is 1. The van der Waals surface area contributed by atoms with Crippen molar-refractivity contribution in [3.63, 3.8) is 0 Å². The number of aromatic nitrogens is 4. The number of hydrogen-bond acceptors (Lipinski definition) is 4. The number of hydrogen-bond donors (Lipinski definition) is 1. The van der Waals surface area contributed by atoms with E-state index in [0.717, 1.165) is 17.7 Å². The number of carbonyl (C=O) groups is 1. The topological polar surface area (TPSA) is 72.2 Å². The first kappa shape index (κ1) is 18.8. The summed E-state index contributed by atoms with van der Waals surface area (Å²) in [4.78, 5) is 12.2. The molecule has 1 amide bonds. The van der Waals surface area contributed by atoms with Crippen LogP contribution in [-0.2, 0) is 17.6 Å². The van der Waals surface area contributed by atoms with Crippen LogP contribution in [0.25, 0.3) is 16.9 Å². The molecule has 0 atom stereocenters. The van der Waals surface area contributed by atoms with Gasteiger partial charge in [0.15, 0.2) is 11.5 Å². The Hall–Kier alpha value is -3.54. The standard InChI is InChI=1S/C23H23N5O/c1-17-7-9-19(10-8-17)20-11-12-21-25-26-22(28(21)27-20)13-14-23(29)24-16-15-18-5-3-2-4-6-18/h2-12H,13-16H2,1H3,(H,24,29). The molecule has 0 aliphatic carbocycles. The summed E-state index contributed by atoms with van der Waals surface area (Å²) >= 11 is 0. The van der Waals surface area contributed by atoms with Gasteiger partial charge < -0.3 is 5.32 Å². The summed E-state index contributed by atoms with van der Waals surface area (Å²) in [5, 5.41) is 16.0. The molecular formula is C23H23N5O. The van der Waals surface area contributed by atoms with Gasteiger partial charge in [0.1, 0.15) is 0 Å². The van der Waals surface area contributed by atoms with E-state index < -0.39 is 0 Å². The van der Waals surface area contributed by atoms with E-state index in [0.29, 0.717) is 30.9 Å². The number of amides is 1. The van der Waals surface area contributed by atoms with Crippen LogP contribution in [0.3, 0.4) is 0 Å². The number of rotatable bonds is 7. The molecule has 0 saturated carbocycles. The maximum atomic E-state index is 12.2. The van der Waals surface area contributed by atoms with Crippen LogP contribution in [0.2, 0.25) is 0 Å². The minimum atomic E-state index is 0.00682. The second-order valence-electron chi connectivity index (χ2n) is 7.06. The Morgan fingerprint density at radius 3 is 2.52 bits per heavy atom. The summed E-state index contributed by atoms with van der Waals surface area (Å²) in [6.07, 6.45) is 1.66. The third-order valence-electron chi connectivity index (χ3n) is 4.83. The highest BCUT2D eigenvalue weighted by molar-refractivity contribution is 5.76. The lowest BCUT2D eigenvalue weighted by Crippen LogP contribution is -2.26. The van der Waals surface area contributed by atoms with Crippen LogP contribution in [0.1, 0.15) is 23.4 Å². The molecule has 146 valence electrons. The van der Waals surface area contributed by atoms with Crippen molar-refractivity contribution in [3.05, 3.63) is 83.7 Å². The van der Waals surface area contributed by atoms with Crippen LogP contribution < -0.4 is 5.32 Å². The molecule has 0 aliphatic heterocycles. The van der Waals surface area contributed by atoms with Crippen molar-refractivity contribution in [2.24, 2.45) is 0 Å². The van der Waals surface area contributed by atoms with Crippen LogP contribution in [0.4, 0.5) is 0 Å². The Kier molecular flexibility index (Phi) is 5.61. The zero-order chi connectivity index (χ0) is 20.1. The summed E-state index contributed by atoms with van der Waals surface area (Å²) in [5.74, 6) is 0.694. The van der Waals surface area contributed by atoms with Crippen molar-refractivity contribution in [1.82, 2.24) is 25.1 Å². The third-order valence-corrected chi connectivity index (χ3v) is 4.83. The van der Waals surface area contributed by atoms with Gasteiger partial charge >= 0.3 is 0 Å². The van der Waals surface area contributed by atoms with Crippen LogP contribution in [0.15, 0.2) is 66.7 Å². The van der Waals surface area contributed by atoms with Gasteiger partial charge in [-0.3, -0.25) is 4.79 Å². The molecule has 0 saturated heterocycles. The second kappa shape index (κ2) is 8.65. The van der Waals surface area contributed by atoms with Crippen molar-refractivity contribution >= 4 is 11.6 Å². The average molecular weight is 385 g/mol. The van der Waals surface area contributed by atoms with Crippen molar-refractivity contribution < 1.29 is 4.79 Å². The fraction of sp³-hybridized carbons (Fsp3) is 0.217. The van der Waals surface area contributed by atoms with Gasteiger partial charge in [-0.1, -0.05) is 60.2 Å². The predicted octanol–water partition coefficient (Wildman–Crippen LogP) is 3.39. The molecule has 2 heterocycles. The Bertz CT molecular complexity index is 1100. The van der Waals surface area contributed by atoms with E-state index in [1.54, 1.807) is 4.52 Å². The monoisotopic (exact) mass is 385 g/mol. The minimum Gasteiger partial charge on any atom is -0.356 e. The molecule has 2 aromatic carbocycles. The van der Waals surface area contributed by atoms with E-state index in [2.05, 4.69) is 51.8 Å². The van der Waals surface area contributed by atoms with Crippen LogP contribution >= 0.6 is 0 Å². The lowest BCUT2D eigenvalue weighted by Gasteiger charge is -2.06. The van der Waals surface area contributed by atoms with Gasteiger partial charge in [0, 0.05) is 24.9 Å². The molecule has 0 unspecified atom stereocenters. The SMILES string of the molecule is Cc1ccc(-c2ccc3nnc(CCC(=O)NCCc4ccccc4)n3n2)cc1. The van der Waals surface area contributed by atoms with Gasteiger partial charge in [0.25, 0.3) is 0 Å². The Morgan fingerprint density at radius 2 is 1.72 bits per heavy atom. The fourth-order valence-electron chi connectivity index (χ4n) is 3.17. The molecule has 4 aromatic rings. The zero-order valence-corrected chi connectivity index (χ0v) is 16.4. The maximum Gasteiger partial charge on any atom is 0.220 e. The molecular weight excluding hydrogens is 362 g/mol. The maximum absolute atomic E-state index is 12.2. The highest BCUT2D eigenvalue weighted by Gasteiger charge is 2.11. The molecule has 2 aromatic heterocycles. The molecule has 0 bridgehead atoms. The number of carbonyl (C=O) groups excluding carboxylic acids is 1. The highest BCUT2D eigenvalue weighted by Crippen LogP contribution is 2.18. The summed E-state index contributed by atoms with van der Waals surface area (Å²) in [6, 6.07) is 22.2. The van der Waals surface area contributed by atoms with Crippen LogP contribution in [0, 0.1) is 6.92 Å². The van der Waals surface area contributed by atoms with E-state index >= 15 is 0 Å². The van der Waals surface area contributed by atoms with Crippen molar-refractivity contribution in [3.8, 4) is 11.3 Å². The number of nitrogens with one attached hydrogen (secondary N) is 1. The van der Waals surface area contributed by atoms with Crippen LogP contribution in [0.5, 0.6) is 0 Å². The van der Waals surface area contributed by atoms with Gasteiger partial charge in [-0.25, -0.2) is 0 Å². The van der Waals surface area contributed by atoms with Crippen molar-refractivity contribution in [2.45, 2.75) is 26.2 Å². The lowest BCUT2D eigenvalue weighted by molar-refractivity contribution is -0.121. The molecule has 6 heteroatoms. The molecule has 6 nitrogen and oxygen atoms in total. The van der Waals surface area contributed by atoms with Gasteiger partial charge in [-0.15, -0.1) is 10.2 Å². The first-order valence-electron chi connectivity index (χ1n) is 9.78. The Balaban J connectivity index is 1.38. The zero-order valence-electron chi connectivity index (χ0n) is 16.4. The van der Waals surface area contributed by atoms with Gasteiger partial charge in [0.05, 0.1) is 5.69 Å². The first-order chi connectivity index (χ1) is 14.2. The summed E-state index contributed by atoms with van der Waals surface area (Å²) < 4.78 is 1.73. The molecule has 0 fully saturated rings. The lowest BCUT2D eigenvalue weighted by atomic mass is 10.1. The Morgan fingerprint density at radius 1 is 0.931 bits per heavy atom. The summed E-state index contributed by atoms with van der Waals surface area (Å²) in [7, 11) is 0. The second-order valence-corrected chi connectivity index (χ2v) is 7.06. The van der Waals surface area contributed by atoms with Gasteiger partial charge in [0.2, 0.25) is 5.91 Å². The highest BCUT2D eigenvalue weighted by atomic mass is 16.1. The first-order valence-corrected chi connectivity index (χ1v) is 9.78. The van der Waals surface area contributed by atoms with E-state index in [-0.39, 0.29) is 5.91 Å². The summed E-state index contributed by atoms with van der Waals surface area (Å²) in [6.45, 7) is 2.68.